The third-order valence-electron chi connectivity index (χ3n) is 7.24. The Morgan fingerprint density at radius 2 is 1.66 bits per heavy atom. The minimum atomic E-state index is -1.79. The maximum Gasteiger partial charge on any atom is 0.331 e. The lowest BCUT2D eigenvalue weighted by Gasteiger charge is -2.46. The molecule has 2 saturated heterocycles. The number of ether oxygens (including phenoxy) is 5. The van der Waals surface area contributed by atoms with E-state index in [0.717, 1.165) is 18.2 Å². The Labute approximate surface area is 250 Å². The molecule has 44 heavy (non-hydrogen) atoms. The zero-order valence-electron chi connectivity index (χ0n) is 23.4. The van der Waals surface area contributed by atoms with E-state index in [1.807, 2.05) is 0 Å². The number of carbonyl (C=O) groups excluding carboxylic acids is 3. The molecule has 10 atom stereocenters. The quantitative estimate of drug-likeness (QED) is 0.0493. The van der Waals surface area contributed by atoms with Gasteiger partial charge in [-0.05, 0) is 54.8 Å². The van der Waals surface area contributed by atoms with Crippen LogP contribution in [0.5, 0.6) is 11.5 Å². The van der Waals surface area contributed by atoms with Crippen LogP contribution in [0, 0.1) is 0 Å². The summed E-state index contributed by atoms with van der Waals surface area (Å²) in [5.74, 6) is -3.17. The second-order valence-electron chi connectivity index (χ2n) is 10.4. The van der Waals surface area contributed by atoms with Gasteiger partial charge < -0.3 is 59.4 Å². The molecule has 1 aromatic rings. The van der Waals surface area contributed by atoms with Crippen molar-refractivity contribution in [2.75, 3.05) is 13.2 Å². The van der Waals surface area contributed by atoms with Crippen molar-refractivity contribution in [3.63, 3.8) is 0 Å². The van der Waals surface area contributed by atoms with Gasteiger partial charge in [-0.1, -0.05) is 12.1 Å². The summed E-state index contributed by atoms with van der Waals surface area (Å²) < 4.78 is 28.1. The lowest BCUT2D eigenvalue weighted by molar-refractivity contribution is -0.357. The monoisotopic (exact) mass is 622 g/mol. The second kappa shape index (κ2) is 14.5. The molecule has 4 rings (SSSR count). The summed E-state index contributed by atoms with van der Waals surface area (Å²) in [5.41, 5.74) is 0.804. The van der Waals surface area contributed by atoms with E-state index in [1.54, 1.807) is 0 Å². The summed E-state index contributed by atoms with van der Waals surface area (Å²) in [6, 6.07) is 4.14. The Bertz CT molecular complexity index is 1310. The smallest absolute Gasteiger partial charge is 0.331 e. The van der Waals surface area contributed by atoms with Crippen LogP contribution in [0.4, 0.5) is 0 Å². The number of aromatic hydroxyl groups is 2. The average molecular weight is 623 g/mol. The highest BCUT2D eigenvalue weighted by atomic mass is 16.7. The van der Waals surface area contributed by atoms with Gasteiger partial charge in [0.15, 0.2) is 30.2 Å². The Morgan fingerprint density at radius 3 is 2.34 bits per heavy atom. The molecule has 0 amide bonds. The third-order valence-corrected chi connectivity index (χ3v) is 7.24. The van der Waals surface area contributed by atoms with Gasteiger partial charge in [0, 0.05) is 6.08 Å². The van der Waals surface area contributed by atoms with Crippen molar-refractivity contribution in [1.82, 2.24) is 0 Å². The SMILES string of the molecule is C[C@H]1O[C@@H](O[C@@H]2[C@@H](O)[C@H](OCCc3ccc(O)c(O)c3)O[C@H](CO)[C@H]2OC(=O)/C=C/C2=CC(=O)C(=O)C=C2)[C@@H](O)[C@@H](O)[C@@H]1O. The van der Waals surface area contributed by atoms with Gasteiger partial charge >= 0.3 is 5.97 Å². The number of hydrogen-bond donors (Lipinski definition) is 7. The molecule has 0 bridgehead atoms. The largest absolute Gasteiger partial charge is 0.504 e. The Morgan fingerprint density at radius 1 is 0.909 bits per heavy atom. The van der Waals surface area contributed by atoms with E-state index in [4.69, 9.17) is 23.7 Å². The fourth-order valence-electron chi connectivity index (χ4n) is 4.74. The van der Waals surface area contributed by atoms with Crippen LogP contribution < -0.4 is 0 Å². The highest BCUT2D eigenvalue weighted by Crippen LogP contribution is 2.31. The zero-order valence-corrected chi connectivity index (χ0v) is 23.4. The van der Waals surface area contributed by atoms with Crippen LogP contribution in [0.3, 0.4) is 0 Å². The number of hydrogen-bond acceptors (Lipinski definition) is 15. The summed E-state index contributed by atoms with van der Waals surface area (Å²) in [4.78, 5) is 35.7. The number of aliphatic hydroxyl groups excluding tert-OH is 5. The molecular weight excluding hydrogens is 588 g/mol. The predicted octanol–water partition coefficient (Wildman–Crippen LogP) is -1.95. The molecule has 2 heterocycles. The van der Waals surface area contributed by atoms with Gasteiger partial charge in [-0.3, -0.25) is 9.59 Å². The van der Waals surface area contributed by atoms with Crippen LogP contribution in [0.15, 0.2) is 54.2 Å². The number of aliphatic hydroxyl groups is 5. The van der Waals surface area contributed by atoms with Gasteiger partial charge in [0.1, 0.15) is 36.6 Å². The molecule has 2 fully saturated rings. The zero-order chi connectivity index (χ0) is 32.1. The number of carbonyl (C=O) groups is 3. The Kier molecular flexibility index (Phi) is 11.0. The maximum atomic E-state index is 12.8. The van der Waals surface area contributed by atoms with Crippen molar-refractivity contribution < 1.29 is 73.8 Å². The van der Waals surface area contributed by atoms with Gasteiger partial charge in [0.25, 0.3) is 0 Å². The minimum absolute atomic E-state index is 0.0850. The summed E-state index contributed by atoms with van der Waals surface area (Å²) in [6.07, 6.45) is -9.50. The van der Waals surface area contributed by atoms with E-state index >= 15 is 0 Å². The normalized spacial score (nSPS) is 34.3. The van der Waals surface area contributed by atoms with Crippen molar-refractivity contribution in [2.45, 2.75) is 74.8 Å². The van der Waals surface area contributed by atoms with Crippen LogP contribution in [-0.4, -0.2) is 128 Å². The van der Waals surface area contributed by atoms with E-state index < -0.39 is 85.6 Å². The van der Waals surface area contributed by atoms with Crippen LogP contribution in [-0.2, 0) is 44.5 Å². The topological polar surface area (TPSA) is 239 Å². The number of ketones is 2. The van der Waals surface area contributed by atoms with Gasteiger partial charge in [0.2, 0.25) is 11.6 Å². The fourth-order valence-corrected chi connectivity index (χ4v) is 4.74. The lowest BCUT2D eigenvalue weighted by atomic mass is 9.97. The summed E-state index contributed by atoms with van der Waals surface area (Å²) in [7, 11) is 0. The molecule has 3 aliphatic rings. The first-order valence-electron chi connectivity index (χ1n) is 13.7. The Hall–Kier alpha value is -3.51. The molecule has 0 unspecified atom stereocenters. The molecule has 15 heteroatoms. The molecule has 1 aromatic carbocycles. The third kappa shape index (κ3) is 7.76. The van der Waals surface area contributed by atoms with Gasteiger partial charge in [-0.15, -0.1) is 0 Å². The van der Waals surface area contributed by atoms with Gasteiger partial charge in [0.05, 0.1) is 19.3 Å². The Balaban J connectivity index is 1.52. The minimum Gasteiger partial charge on any atom is -0.504 e. The molecule has 240 valence electrons. The number of esters is 1. The lowest BCUT2D eigenvalue weighted by Crippen LogP contribution is -2.65. The van der Waals surface area contributed by atoms with E-state index in [9.17, 15) is 50.1 Å². The maximum absolute atomic E-state index is 12.8. The van der Waals surface area contributed by atoms with Gasteiger partial charge in [-0.2, -0.15) is 0 Å². The molecular formula is C29H34O15. The van der Waals surface area contributed by atoms with E-state index in [1.165, 1.54) is 37.3 Å². The van der Waals surface area contributed by atoms with Crippen molar-refractivity contribution in [1.29, 1.82) is 0 Å². The molecule has 0 saturated carbocycles. The number of phenols is 2. The molecule has 7 N–H and O–H groups in total. The first-order chi connectivity index (χ1) is 20.9. The van der Waals surface area contributed by atoms with Crippen molar-refractivity contribution in [3.8, 4) is 11.5 Å². The molecule has 1 aliphatic carbocycles. The average Bonchev–Trinajstić information content (AvgIpc) is 2.99. The number of rotatable bonds is 10. The summed E-state index contributed by atoms with van der Waals surface area (Å²) in [6.45, 7) is 0.573. The van der Waals surface area contributed by atoms with Crippen molar-refractivity contribution >= 4 is 17.5 Å². The number of phenolic OH excluding ortho intramolecular Hbond substituents is 2. The molecule has 2 aliphatic heterocycles. The summed E-state index contributed by atoms with van der Waals surface area (Å²) in [5, 5.41) is 71.3. The van der Waals surface area contributed by atoms with Crippen molar-refractivity contribution in [3.05, 3.63) is 59.7 Å². The highest BCUT2D eigenvalue weighted by molar-refractivity contribution is 6.46. The fraction of sp³-hybridized carbons (Fsp3) is 0.483. The highest BCUT2D eigenvalue weighted by Gasteiger charge is 2.52. The molecule has 0 spiro atoms. The van der Waals surface area contributed by atoms with Gasteiger partial charge in [-0.25, -0.2) is 4.79 Å². The predicted molar refractivity (Wildman–Crippen MR) is 145 cm³/mol. The van der Waals surface area contributed by atoms with Crippen LogP contribution in [0.2, 0.25) is 0 Å². The summed E-state index contributed by atoms with van der Waals surface area (Å²) >= 11 is 0. The number of allylic oxidation sites excluding steroid dienone is 5. The molecule has 15 nitrogen and oxygen atoms in total. The standard InChI is InChI=1S/C29H34O15/c1-13-22(36)23(37)24(38)29(41-13)44-27-25(39)28(40-9-8-15-3-6-17(32)19(34)11-15)42-20(12-30)26(27)43-21(35)7-4-14-2-5-16(31)18(33)10-14/h2-7,10-11,13,20,22-30,32,34,36-39H,8-9,12H2,1H3/b7-4+/t13-,20-,22-,23+,24+,25-,26-,27-,28-,29+/m1/s1. The first-order valence-corrected chi connectivity index (χ1v) is 13.7. The van der Waals surface area contributed by atoms with Crippen molar-refractivity contribution in [2.24, 2.45) is 0 Å². The van der Waals surface area contributed by atoms with Crippen LogP contribution >= 0.6 is 0 Å². The van der Waals surface area contributed by atoms with E-state index in [2.05, 4.69) is 0 Å². The van der Waals surface area contributed by atoms with E-state index in [0.29, 0.717) is 5.56 Å². The molecule has 0 aromatic heterocycles. The van der Waals surface area contributed by atoms with E-state index in [-0.39, 0.29) is 30.1 Å². The van der Waals surface area contributed by atoms with Crippen LogP contribution in [0.25, 0.3) is 0 Å². The second-order valence-corrected chi connectivity index (χ2v) is 10.4. The van der Waals surface area contributed by atoms with Crippen LogP contribution in [0.1, 0.15) is 12.5 Å². The molecule has 0 radical (unpaired) electrons. The first kappa shape index (κ1) is 33.4. The number of benzene rings is 1.